The molecule has 0 fully saturated rings. The fourth-order valence-corrected chi connectivity index (χ4v) is 1.24. The minimum Gasteiger partial charge on any atom is -0.445 e. The Morgan fingerprint density at radius 2 is 2.00 bits per heavy atom. The van der Waals surface area contributed by atoms with Crippen LogP contribution in [0.3, 0.4) is 0 Å². The minimum atomic E-state index is -4.97. The Kier molecular flexibility index (Phi) is 3.45. The lowest BCUT2D eigenvalue weighted by Gasteiger charge is -2.16. The van der Waals surface area contributed by atoms with E-state index in [1.54, 1.807) is 0 Å². The van der Waals surface area contributed by atoms with Gasteiger partial charge in [-0.15, -0.1) is 5.46 Å². The van der Waals surface area contributed by atoms with Crippen molar-refractivity contribution >= 4 is 24.0 Å². The van der Waals surface area contributed by atoms with Crippen molar-refractivity contribution in [3.8, 4) is 0 Å². The number of halogens is 4. The average Bonchev–Trinajstić information content (AvgIpc) is 2.07. The van der Waals surface area contributed by atoms with Gasteiger partial charge < -0.3 is 17.7 Å². The van der Waals surface area contributed by atoms with Gasteiger partial charge >= 0.3 is 6.98 Å². The van der Waals surface area contributed by atoms with E-state index in [0.29, 0.717) is 5.56 Å². The van der Waals surface area contributed by atoms with Crippen LogP contribution in [0, 0.1) is 0 Å². The van der Waals surface area contributed by atoms with Crippen molar-refractivity contribution in [1.82, 2.24) is 0 Å². The summed E-state index contributed by atoms with van der Waals surface area (Å²) in [6.07, 6.45) is 0. The SMILES string of the molecule is COCc1cc([B-](F)(F)F)ccc1Cl. The van der Waals surface area contributed by atoms with E-state index >= 15 is 0 Å². The normalized spacial score (nSPS) is 11.8. The van der Waals surface area contributed by atoms with Crippen LogP contribution >= 0.6 is 11.6 Å². The monoisotopic (exact) mass is 223 g/mol. The first-order chi connectivity index (χ1) is 6.45. The maximum Gasteiger partial charge on any atom is 0.509 e. The Bertz CT molecular complexity index is 327. The molecule has 0 aliphatic rings. The Morgan fingerprint density at radius 3 is 2.50 bits per heavy atom. The first kappa shape index (κ1) is 11.4. The number of hydrogen-bond donors (Lipinski definition) is 0. The third-order valence-electron chi connectivity index (χ3n) is 1.75. The number of hydrogen-bond acceptors (Lipinski definition) is 1. The fraction of sp³-hybridized carbons (Fsp3) is 0.250. The molecule has 6 heteroatoms. The molecule has 0 aliphatic heterocycles. The molecule has 1 rings (SSSR count). The molecule has 78 valence electrons. The first-order valence-corrected chi connectivity index (χ1v) is 4.30. The van der Waals surface area contributed by atoms with E-state index in [1.165, 1.54) is 13.2 Å². The van der Waals surface area contributed by atoms with Gasteiger partial charge in [-0.05, 0) is 11.6 Å². The van der Waals surface area contributed by atoms with E-state index in [9.17, 15) is 12.9 Å². The summed E-state index contributed by atoms with van der Waals surface area (Å²) in [5.41, 5.74) is -0.299. The van der Waals surface area contributed by atoms with Gasteiger partial charge in [0, 0.05) is 12.1 Å². The molecule has 1 nitrogen and oxygen atoms in total. The first-order valence-electron chi connectivity index (χ1n) is 3.92. The van der Waals surface area contributed by atoms with Crippen LogP contribution in [0.5, 0.6) is 0 Å². The summed E-state index contributed by atoms with van der Waals surface area (Å²) in [4.78, 5) is 0. The van der Waals surface area contributed by atoms with Crippen LogP contribution < -0.4 is 5.46 Å². The maximum atomic E-state index is 12.3. The standard InChI is InChI=1S/C8H8BClF3O/c1-14-5-6-4-7(9(11,12)13)2-3-8(6)10/h2-4H,5H2,1H3/q-1. The van der Waals surface area contributed by atoms with Gasteiger partial charge in [-0.3, -0.25) is 0 Å². The van der Waals surface area contributed by atoms with Gasteiger partial charge in [-0.25, -0.2) is 0 Å². The van der Waals surface area contributed by atoms with Gasteiger partial charge in [0.25, 0.3) is 0 Å². The number of rotatable bonds is 3. The van der Waals surface area contributed by atoms with Gasteiger partial charge in [0.15, 0.2) is 0 Å². The van der Waals surface area contributed by atoms with Crippen LogP contribution in [0.15, 0.2) is 18.2 Å². The molecule has 14 heavy (non-hydrogen) atoms. The molecular weight excluding hydrogens is 215 g/mol. The van der Waals surface area contributed by atoms with Crippen LogP contribution in [0.1, 0.15) is 5.56 Å². The van der Waals surface area contributed by atoms with Crippen molar-refractivity contribution in [3.05, 3.63) is 28.8 Å². The van der Waals surface area contributed by atoms with E-state index in [-0.39, 0.29) is 11.6 Å². The van der Waals surface area contributed by atoms with E-state index in [0.717, 1.165) is 12.1 Å². The molecule has 0 heterocycles. The average molecular weight is 223 g/mol. The third kappa shape index (κ3) is 2.65. The van der Waals surface area contributed by atoms with Gasteiger partial charge in [0.1, 0.15) is 0 Å². The van der Waals surface area contributed by atoms with Crippen LogP contribution in [0.25, 0.3) is 0 Å². The predicted molar refractivity (Wildman–Crippen MR) is 50.9 cm³/mol. The summed E-state index contributed by atoms with van der Waals surface area (Å²) in [5, 5.41) is 0.288. The van der Waals surface area contributed by atoms with Gasteiger partial charge in [0.2, 0.25) is 0 Å². The summed E-state index contributed by atoms with van der Waals surface area (Å²) in [6.45, 7) is -4.88. The third-order valence-corrected chi connectivity index (χ3v) is 2.12. The molecule has 0 N–H and O–H groups in total. The topological polar surface area (TPSA) is 9.23 Å². The summed E-state index contributed by atoms with van der Waals surface area (Å²) in [6, 6.07) is 3.23. The van der Waals surface area contributed by atoms with Gasteiger partial charge in [-0.1, -0.05) is 23.7 Å². The maximum absolute atomic E-state index is 12.3. The zero-order valence-electron chi connectivity index (χ0n) is 7.44. The second-order valence-corrected chi connectivity index (χ2v) is 3.27. The van der Waals surface area contributed by atoms with Crippen molar-refractivity contribution in [2.24, 2.45) is 0 Å². The quantitative estimate of drug-likeness (QED) is 0.716. The van der Waals surface area contributed by atoms with Gasteiger partial charge in [0.05, 0.1) is 6.61 Å². The zero-order valence-corrected chi connectivity index (χ0v) is 8.19. The highest BCUT2D eigenvalue weighted by atomic mass is 35.5. The predicted octanol–water partition coefficient (Wildman–Crippen LogP) is 2.54. The van der Waals surface area contributed by atoms with Crippen LogP contribution in [-0.2, 0) is 11.3 Å². The van der Waals surface area contributed by atoms with E-state index in [1.807, 2.05) is 0 Å². The highest BCUT2D eigenvalue weighted by Gasteiger charge is 2.25. The largest absolute Gasteiger partial charge is 0.509 e. The molecule has 0 saturated heterocycles. The second-order valence-electron chi connectivity index (χ2n) is 2.86. The summed E-state index contributed by atoms with van der Waals surface area (Å²) < 4.78 is 41.7. The lowest BCUT2D eigenvalue weighted by Crippen LogP contribution is -2.34. The number of ether oxygens (including phenoxy) is 1. The Labute approximate surface area is 84.9 Å². The minimum absolute atomic E-state index is 0.0822. The molecule has 0 spiro atoms. The van der Waals surface area contributed by atoms with Crippen molar-refractivity contribution < 1.29 is 17.7 Å². The Morgan fingerprint density at radius 1 is 1.36 bits per heavy atom. The van der Waals surface area contributed by atoms with E-state index in [2.05, 4.69) is 0 Å². The molecule has 0 unspecified atom stereocenters. The van der Waals surface area contributed by atoms with Crippen LogP contribution in [0.2, 0.25) is 5.02 Å². The Balaban J connectivity index is 3.06. The lowest BCUT2D eigenvalue weighted by atomic mass is 9.79. The molecule has 0 bridgehead atoms. The highest BCUT2D eigenvalue weighted by Crippen LogP contribution is 2.18. The summed E-state index contributed by atoms with van der Waals surface area (Å²) in [7, 11) is 1.40. The van der Waals surface area contributed by atoms with Crippen LogP contribution in [0.4, 0.5) is 12.9 Å². The van der Waals surface area contributed by atoms with Crippen LogP contribution in [-0.4, -0.2) is 14.1 Å². The Hall–Kier alpha value is -0.675. The molecule has 0 saturated carbocycles. The summed E-state index contributed by atoms with van der Waals surface area (Å²) >= 11 is 5.68. The van der Waals surface area contributed by atoms with E-state index in [4.69, 9.17) is 16.3 Å². The van der Waals surface area contributed by atoms with Crippen molar-refractivity contribution in [2.45, 2.75) is 6.61 Å². The molecule has 0 aliphatic carbocycles. The fourth-order valence-electron chi connectivity index (χ4n) is 1.06. The zero-order chi connectivity index (χ0) is 10.8. The second kappa shape index (κ2) is 4.23. The molecule has 0 amide bonds. The molecule has 0 aromatic heterocycles. The summed E-state index contributed by atoms with van der Waals surface area (Å²) in [5.74, 6) is 0. The number of benzene rings is 1. The lowest BCUT2D eigenvalue weighted by molar-refractivity contribution is 0.185. The molecule has 0 atom stereocenters. The van der Waals surface area contributed by atoms with Crippen molar-refractivity contribution in [2.75, 3.05) is 7.11 Å². The molecular formula is C8H8BClF3O-. The smallest absolute Gasteiger partial charge is 0.445 e. The van der Waals surface area contributed by atoms with Gasteiger partial charge in [-0.2, -0.15) is 0 Å². The molecule has 1 aromatic rings. The van der Waals surface area contributed by atoms with Crippen molar-refractivity contribution in [1.29, 1.82) is 0 Å². The molecule has 1 aromatic carbocycles. The van der Waals surface area contributed by atoms with Crippen molar-refractivity contribution in [3.63, 3.8) is 0 Å². The molecule has 0 radical (unpaired) electrons. The highest BCUT2D eigenvalue weighted by molar-refractivity contribution is 6.73. The van der Waals surface area contributed by atoms with E-state index < -0.39 is 12.4 Å². The number of methoxy groups -OCH3 is 1.